The van der Waals surface area contributed by atoms with Gasteiger partial charge in [0.2, 0.25) is 0 Å². The molecule has 0 aliphatic heterocycles. The summed E-state index contributed by atoms with van der Waals surface area (Å²) in [7, 11) is 0. The lowest BCUT2D eigenvalue weighted by Crippen LogP contribution is -2.29. The zero-order valence-electron chi connectivity index (χ0n) is 12.9. The molecule has 2 aromatic rings. The average Bonchev–Trinajstić information content (AvgIpc) is 2.53. The van der Waals surface area contributed by atoms with Gasteiger partial charge >= 0.3 is 11.8 Å². The summed E-state index contributed by atoms with van der Waals surface area (Å²) in [5, 5.41) is 5.12. The third-order valence-electron chi connectivity index (χ3n) is 3.06. The molecule has 6 heteroatoms. The Morgan fingerprint density at radius 2 is 1.78 bits per heavy atom. The second-order valence-electron chi connectivity index (χ2n) is 4.80. The molecule has 0 spiro atoms. The van der Waals surface area contributed by atoms with Gasteiger partial charge in [0, 0.05) is 10.2 Å². The summed E-state index contributed by atoms with van der Waals surface area (Å²) in [6.07, 6.45) is 0. The summed E-state index contributed by atoms with van der Waals surface area (Å²) in [6, 6.07) is 12.3. The van der Waals surface area contributed by atoms with Crippen LogP contribution in [0.5, 0.6) is 5.75 Å². The highest BCUT2D eigenvalue weighted by Crippen LogP contribution is 2.24. The van der Waals surface area contributed by atoms with E-state index >= 15 is 0 Å². The van der Waals surface area contributed by atoms with Crippen molar-refractivity contribution in [3.63, 3.8) is 0 Å². The number of aryl methyl sites for hydroxylation is 1. The Balaban J connectivity index is 2.05. The molecule has 23 heavy (non-hydrogen) atoms. The summed E-state index contributed by atoms with van der Waals surface area (Å²) in [5.41, 5.74) is 1.98. The zero-order valence-corrected chi connectivity index (χ0v) is 14.4. The lowest BCUT2D eigenvalue weighted by molar-refractivity contribution is -0.133. The van der Waals surface area contributed by atoms with Gasteiger partial charge in [-0.3, -0.25) is 9.59 Å². The van der Waals surface area contributed by atoms with Crippen LogP contribution in [0.4, 0.5) is 11.4 Å². The molecule has 0 saturated heterocycles. The maximum absolute atomic E-state index is 12.0. The van der Waals surface area contributed by atoms with E-state index in [0.29, 0.717) is 23.7 Å². The Hall–Kier alpha value is -2.34. The first-order valence-corrected chi connectivity index (χ1v) is 7.91. The molecule has 2 aromatic carbocycles. The Morgan fingerprint density at radius 1 is 1.09 bits per heavy atom. The van der Waals surface area contributed by atoms with E-state index in [-0.39, 0.29) is 0 Å². The lowest BCUT2D eigenvalue weighted by atomic mass is 10.2. The molecule has 2 amide bonds. The van der Waals surface area contributed by atoms with Gasteiger partial charge in [-0.1, -0.05) is 28.1 Å². The van der Waals surface area contributed by atoms with E-state index in [0.717, 1.165) is 10.0 Å². The minimum atomic E-state index is -0.752. The summed E-state index contributed by atoms with van der Waals surface area (Å²) in [6.45, 7) is 4.22. The van der Waals surface area contributed by atoms with Gasteiger partial charge in [-0.05, 0) is 49.7 Å². The Morgan fingerprint density at radius 3 is 2.48 bits per heavy atom. The molecule has 0 atom stereocenters. The van der Waals surface area contributed by atoms with Gasteiger partial charge in [0.05, 0.1) is 12.3 Å². The number of hydrogen-bond acceptors (Lipinski definition) is 3. The molecule has 0 unspecified atom stereocenters. The summed E-state index contributed by atoms with van der Waals surface area (Å²) in [5.74, 6) is -0.966. The molecule has 2 N–H and O–H groups in total. The van der Waals surface area contributed by atoms with E-state index in [1.807, 2.05) is 19.9 Å². The third kappa shape index (κ3) is 4.56. The van der Waals surface area contributed by atoms with Gasteiger partial charge in [0.1, 0.15) is 5.75 Å². The van der Waals surface area contributed by atoms with Crippen LogP contribution < -0.4 is 15.4 Å². The molecule has 5 nitrogen and oxygen atoms in total. The van der Waals surface area contributed by atoms with Crippen molar-refractivity contribution in [2.45, 2.75) is 13.8 Å². The van der Waals surface area contributed by atoms with Crippen molar-refractivity contribution in [2.24, 2.45) is 0 Å². The summed E-state index contributed by atoms with van der Waals surface area (Å²) < 4.78 is 6.35. The fourth-order valence-corrected chi connectivity index (χ4v) is 2.19. The molecule has 0 heterocycles. The topological polar surface area (TPSA) is 67.4 Å². The number of amides is 2. The maximum Gasteiger partial charge on any atom is 0.314 e. The average molecular weight is 377 g/mol. The van der Waals surface area contributed by atoms with Gasteiger partial charge in [-0.25, -0.2) is 0 Å². The van der Waals surface area contributed by atoms with Gasteiger partial charge in [0.15, 0.2) is 0 Å². The van der Waals surface area contributed by atoms with Gasteiger partial charge in [-0.2, -0.15) is 0 Å². The SMILES string of the molecule is CCOc1ccccc1NC(=O)C(=O)Nc1ccc(Br)c(C)c1. The first-order valence-electron chi connectivity index (χ1n) is 7.11. The summed E-state index contributed by atoms with van der Waals surface area (Å²) in [4.78, 5) is 24.0. The monoisotopic (exact) mass is 376 g/mol. The van der Waals surface area contributed by atoms with E-state index in [4.69, 9.17) is 4.74 Å². The highest BCUT2D eigenvalue weighted by atomic mass is 79.9. The number of halogens is 1. The minimum Gasteiger partial charge on any atom is -0.492 e. The Kier molecular flexibility index (Phi) is 5.76. The highest BCUT2D eigenvalue weighted by Gasteiger charge is 2.16. The van der Waals surface area contributed by atoms with E-state index in [2.05, 4.69) is 26.6 Å². The van der Waals surface area contributed by atoms with Gasteiger partial charge in [-0.15, -0.1) is 0 Å². The zero-order chi connectivity index (χ0) is 16.8. The molecular formula is C17H17BrN2O3. The van der Waals surface area contributed by atoms with Crippen LogP contribution in [0.25, 0.3) is 0 Å². The first-order chi connectivity index (χ1) is 11.0. The van der Waals surface area contributed by atoms with Crippen molar-refractivity contribution in [1.29, 1.82) is 0 Å². The molecule has 0 aromatic heterocycles. The fourth-order valence-electron chi connectivity index (χ4n) is 1.94. The number of nitrogens with one attached hydrogen (secondary N) is 2. The number of carbonyl (C=O) groups is 2. The second-order valence-corrected chi connectivity index (χ2v) is 5.66. The van der Waals surface area contributed by atoms with Crippen molar-refractivity contribution in [3.05, 3.63) is 52.5 Å². The highest BCUT2D eigenvalue weighted by molar-refractivity contribution is 9.10. The molecule has 0 fully saturated rings. The van der Waals surface area contributed by atoms with Crippen LogP contribution in [0.15, 0.2) is 46.9 Å². The predicted octanol–water partition coefficient (Wildman–Crippen LogP) is 3.73. The van der Waals surface area contributed by atoms with Crippen molar-refractivity contribution >= 4 is 39.1 Å². The van der Waals surface area contributed by atoms with Crippen LogP contribution in [0.2, 0.25) is 0 Å². The van der Waals surface area contributed by atoms with Gasteiger partial charge in [0.25, 0.3) is 0 Å². The van der Waals surface area contributed by atoms with Crippen LogP contribution >= 0.6 is 15.9 Å². The Labute approximate surface area is 143 Å². The van der Waals surface area contributed by atoms with Crippen LogP contribution in [-0.2, 0) is 9.59 Å². The van der Waals surface area contributed by atoms with E-state index in [9.17, 15) is 9.59 Å². The first kappa shape index (κ1) is 17.0. The number of carbonyl (C=O) groups excluding carboxylic acids is 2. The lowest BCUT2D eigenvalue weighted by Gasteiger charge is -2.11. The van der Waals surface area contributed by atoms with E-state index in [1.165, 1.54) is 0 Å². The minimum absolute atomic E-state index is 0.460. The number of hydrogen-bond donors (Lipinski definition) is 2. The van der Waals surface area contributed by atoms with Crippen LogP contribution in [0.3, 0.4) is 0 Å². The van der Waals surface area contributed by atoms with Crippen molar-refractivity contribution < 1.29 is 14.3 Å². The molecule has 2 rings (SSSR count). The molecule has 0 radical (unpaired) electrons. The van der Waals surface area contributed by atoms with Crippen LogP contribution in [0.1, 0.15) is 12.5 Å². The van der Waals surface area contributed by atoms with Crippen molar-refractivity contribution in [3.8, 4) is 5.75 Å². The predicted molar refractivity (Wildman–Crippen MR) is 93.7 cm³/mol. The largest absolute Gasteiger partial charge is 0.492 e. The fraction of sp³-hybridized carbons (Fsp3) is 0.176. The molecule has 0 bridgehead atoms. The normalized spacial score (nSPS) is 10.0. The number of rotatable bonds is 4. The third-order valence-corrected chi connectivity index (χ3v) is 3.95. The molecule has 120 valence electrons. The molecule has 0 aliphatic carbocycles. The number of benzene rings is 2. The quantitative estimate of drug-likeness (QED) is 0.798. The number of para-hydroxylation sites is 2. The van der Waals surface area contributed by atoms with Crippen LogP contribution in [0, 0.1) is 6.92 Å². The van der Waals surface area contributed by atoms with Crippen LogP contribution in [-0.4, -0.2) is 18.4 Å². The number of ether oxygens (including phenoxy) is 1. The molecule has 0 aliphatic rings. The number of anilines is 2. The van der Waals surface area contributed by atoms with E-state index in [1.54, 1.807) is 36.4 Å². The molecular weight excluding hydrogens is 360 g/mol. The second kappa shape index (κ2) is 7.78. The van der Waals surface area contributed by atoms with E-state index < -0.39 is 11.8 Å². The smallest absolute Gasteiger partial charge is 0.314 e. The van der Waals surface area contributed by atoms with Crippen molar-refractivity contribution in [2.75, 3.05) is 17.2 Å². The standard InChI is InChI=1S/C17H17BrN2O3/c1-3-23-15-7-5-4-6-14(15)20-17(22)16(21)19-12-8-9-13(18)11(2)10-12/h4-10H,3H2,1-2H3,(H,19,21)(H,20,22). The molecule has 0 saturated carbocycles. The maximum atomic E-state index is 12.0. The van der Waals surface area contributed by atoms with Gasteiger partial charge < -0.3 is 15.4 Å². The van der Waals surface area contributed by atoms with Crippen molar-refractivity contribution in [1.82, 2.24) is 0 Å². The summed E-state index contributed by atoms with van der Waals surface area (Å²) >= 11 is 3.39. The Bertz CT molecular complexity index is 732.